The van der Waals surface area contributed by atoms with E-state index in [9.17, 15) is 0 Å². The molecular formula is C13H27N. The molecule has 1 saturated heterocycles. The Morgan fingerprint density at radius 1 is 1.14 bits per heavy atom. The zero-order valence-corrected chi connectivity index (χ0v) is 10.6. The number of likely N-dealkylation sites (tertiary alicyclic amines) is 1. The zero-order valence-electron chi connectivity index (χ0n) is 10.6. The van der Waals surface area contributed by atoms with Crippen LogP contribution < -0.4 is 0 Å². The second kappa shape index (κ2) is 4.65. The third kappa shape index (κ3) is 2.31. The average molecular weight is 197 g/mol. The lowest BCUT2D eigenvalue weighted by Gasteiger charge is -2.38. The van der Waals surface area contributed by atoms with Crippen molar-refractivity contribution < 1.29 is 0 Å². The van der Waals surface area contributed by atoms with Crippen LogP contribution in [0.5, 0.6) is 0 Å². The van der Waals surface area contributed by atoms with E-state index in [1.807, 2.05) is 13.8 Å². The van der Waals surface area contributed by atoms with Crippen LogP contribution in [0.3, 0.4) is 0 Å². The summed E-state index contributed by atoms with van der Waals surface area (Å²) in [5, 5.41) is 0. The maximum atomic E-state index is 2.50. The van der Waals surface area contributed by atoms with Gasteiger partial charge in [-0.05, 0) is 50.1 Å². The van der Waals surface area contributed by atoms with E-state index in [2.05, 4.69) is 25.8 Å². The van der Waals surface area contributed by atoms with E-state index in [1.54, 1.807) is 0 Å². The molecule has 0 amide bonds. The van der Waals surface area contributed by atoms with Crippen molar-refractivity contribution in [1.82, 2.24) is 4.90 Å². The number of hydrogen-bond acceptors (Lipinski definition) is 1. The van der Waals surface area contributed by atoms with Gasteiger partial charge >= 0.3 is 0 Å². The summed E-state index contributed by atoms with van der Waals surface area (Å²) in [5.74, 6) is 2.03. The molecule has 1 heterocycles. The topological polar surface area (TPSA) is 3.24 Å². The standard InChI is InChI=1S/C11H21N.C2H6/c1-11(2)6-4-9-8-12(3)7-5-10(9)11;1-2/h9-10H,4-8H2,1-3H3;1-2H3. The van der Waals surface area contributed by atoms with Gasteiger partial charge in [-0.1, -0.05) is 27.7 Å². The van der Waals surface area contributed by atoms with Gasteiger partial charge in [-0.2, -0.15) is 0 Å². The van der Waals surface area contributed by atoms with Gasteiger partial charge in [0.05, 0.1) is 0 Å². The quantitative estimate of drug-likeness (QED) is 0.575. The molecule has 0 aromatic heterocycles. The van der Waals surface area contributed by atoms with Crippen molar-refractivity contribution in [3.63, 3.8) is 0 Å². The summed E-state index contributed by atoms with van der Waals surface area (Å²) in [4.78, 5) is 2.50. The van der Waals surface area contributed by atoms with Crippen molar-refractivity contribution in [1.29, 1.82) is 0 Å². The average Bonchev–Trinajstić information content (AvgIpc) is 2.45. The van der Waals surface area contributed by atoms with Crippen LogP contribution in [-0.2, 0) is 0 Å². The maximum Gasteiger partial charge on any atom is 0.000947 e. The lowest BCUT2D eigenvalue weighted by molar-refractivity contribution is 0.108. The van der Waals surface area contributed by atoms with Gasteiger partial charge in [-0.3, -0.25) is 0 Å². The fourth-order valence-electron chi connectivity index (χ4n) is 3.28. The zero-order chi connectivity index (χ0) is 10.8. The molecule has 1 aliphatic heterocycles. The molecule has 0 N–H and O–H groups in total. The lowest BCUT2D eigenvalue weighted by atomic mass is 9.75. The van der Waals surface area contributed by atoms with Gasteiger partial charge in [0, 0.05) is 6.54 Å². The van der Waals surface area contributed by atoms with Crippen LogP contribution in [0.1, 0.15) is 47.0 Å². The van der Waals surface area contributed by atoms with Gasteiger partial charge in [0.15, 0.2) is 0 Å². The molecule has 2 rings (SSSR count). The molecule has 0 radical (unpaired) electrons. The van der Waals surface area contributed by atoms with Crippen molar-refractivity contribution in [3.8, 4) is 0 Å². The van der Waals surface area contributed by atoms with Gasteiger partial charge < -0.3 is 4.90 Å². The Balaban J connectivity index is 0.000000461. The number of piperidine rings is 1. The molecule has 0 spiro atoms. The summed E-state index contributed by atoms with van der Waals surface area (Å²) in [6.45, 7) is 11.6. The lowest BCUT2D eigenvalue weighted by Crippen LogP contribution is -2.39. The molecule has 14 heavy (non-hydrogen) atoms. The second-order valence-corrected chi connectivity index (χ2v) is 5.44. The van der Waals surface area contributed by atoms with Crippen LogP contribution in [0.25, 0.3) is 0 Å². The molecule has 1 heteroatoms. The van der Waals surface area contributed by atoms with Crippen molar-refractivity contribution in [2.75, 3.05) is 20.1 Å². The Labute approximate surface area is 89.9 Å². The van der Waals surface area contributed by atoms with Crippen molar-refractivity contribution in [3.05, 3.63) is 0 Å². The number of nitrogens with zero attached hydrogens (tertiary/aromatic N) is 1. The largest absolute Gasteiger partial charge is 0.306 e. The Hall–Kier alpha value is -0.0400. The Kier molecular flexibility index (Phi) is 4.00. The van der Waals surface area contributed by atoms with Crippen LogP contribution in [0.2, 0.25) is 0 Å². The highest BCUT2D eigenvalue weighted by molar-refractivity contribution is 4.94. The van der Waals surface area contributed by atoms with Crippen LogP contribution in [0.4, 0.5) is 0 Å². The summed E-state index contributed by atoms with van der Waals surface area (Å²) in [7, 11) is 2.27. The predicted molar refractivity (Wildman–Crippen MR) is 63.5 cm³/mol. The number of fused-ring (bicyclic) bond motifs is 1. The predicted octanol–water partition coefficient (Wildman–Crippen LogP) is 3.40. The molecule has 1 aliphatic carbocycles. The molecule has 2 aliphatic rings. The molecule has 2 atom stereocenters. The van der Waals surface area contributed by atoms with Crippen LogP contribution in [0.15, 0.2) is 0 Å². The van der Waals surface area contributed by atoms with Gasteiger partial charge in [0.1, 0.15) is 0 Å². The first-order valence-electron chi connectivity index (χ1n) is 6.28. The summed E-state index contributed by atoms with van der Waals surface area (Å²) < 4.78 is 0. The molecule has 0 bridgehead atoms. The van der Waals surface area contributed by atoms with E-state index in [0.717, 1.165) is 11.8 Å². The highest BCUT2D eigenvalue weighted by Crippen LogP contribution is 2.49. The van der Waals surface area contributed by atoms with Gasteiger partial charge in [-0.15, -0.1) is 0 Å². The highest BCUT2D eigenvalue weighted by atomic mass is 15.1. The van der Waals surface area contributed by atoms with Crippen molar-refractivity contribution in [2.24, 2.45) is 17.3 Å². The van der Waals surface area contributed by atoms with E-state index in [4.69, 9.17) is 0 Å². The fourth-order valence-corrected chi connectivity index (χ4v) is 3.28. The minimum Gasteiger partial charge on any atom is -0.306 e. The summed E-state index contributed by atoms with van der Waals surface area (Å²) in [6.07, 6.45) is 4.37. The SMILES string of the molecule is CC.CN1CCC2C(CCC2(C)C)C1. The fraction of sp³-hybridized carbons (Fsp3) is 1.00. The van der Waals surface area contributed by atoms with Crippen LogP contribution in [-0.4, -0.2) is 25.0 Å². The first-order chi connectivity index (χ1) is 6.59. The van der Waals surface area contributed by atoms with E-state index < -0.39 is 0 Å². The third-order valence-corrected chi connectivity index (χ3v) is 4.10. The molecule has 1 nitrogen and oxygen atoms in total. The number of hydrogen-bond donors (Lipinski definition) is 0. The maximum absolute atomic E-state index is 2.50. The molecular weight excluding hydrogens is 170 g/mol. The monoisotopic (exact) mass is 197 g/mol. The first-order valence-corrected chi connectivity index (χ1v) is 6.28. The molecule has 2 fully saturated rings. The van der Waals surface area contributed by atoms with E-state index in [-0.39, 0.29) is 0 Å². The molecule has 2 unspecified atom stereocenters. The molecule has 0 aromatic carbocycles. The minimum absolute atomic E-state index is 0.645. The minimum atomic E-state index is 0.645. The second-order valence-electron chi connectivity index (χ2n) is 5.44. The van der Waals surface area contributed by atoms with E-state index in [1.165, 1.54) is 32.4 Å². The van der Waals surface area contributed by atoms with Crippen molar-refractivity contribution >= 4 is 0 Å². The Bertz CT molecular complexity index is 174. The summed E-state index contributed by atoms with van der Waals surface area (Å²) in [5.41, 5.74) is 0.645. The van der Waals surface area contributed by atoms with E-state index >= 15 is 0 Å². The third-order valence-electron chi connectivity index (χ3n) is 4.10. The highest BCUT2D eigenvalue weighted by Gasteiger charge is 2.43. The first kappa shape index (κ1) is 12.0. The molecule has 0 aromatic rings. The van der Waals surface area contributed by atoms with E-state index in [0.29, 0.717) is 5.41 Å². The summed E-state index contributed by atoms with van der Waals surface area (Å²) in [6, 6.07) is 0. The Morgan fingerprint density at radius 3 is 2.43 bits per heavy atom. The van der Waals surface area contributed by atoms with Crippen molar-refractivity contribution in [2.45, 2.75) is 47.0 Å². The summed E-state index contributed by atoms with van der Waals surface area (Å²) >= 11 is 0. The van der Waals surface area contributed by atoms with Gasteiger partial charge in [0.25, 0.3) is 0 Å². The van der Waals surface area contributed by atoms with Crippen LogP contribution >= 0.6 is 0 Å². The smallest absolute Gasteiger partial charge is 0.000947 e. The Morgan fingerprint density at radius 2 is 1.79 bits per heavy atom. The van der Waals surface area contributed by atoms with Gasteiger partial charge in [0.2, 0.25) is 0 Å². The normalized spacial score (nSPS) is 35.8. The van der Waals surface area contributed by atoms with Gasteiger partial charge in [-0.25, -0.2) is 0 Å². The molecule has 84 valence electrons. The van der Waals surface area contributed by atoms with Crippen LogP contribution in [0, 0.1) is 17.3 Å². The molecule has 1 saturated carbocycles. The number of rotatable bonds is 0.